The molecule has 0 unspecified atom stereocenters. The van der Waals surface area contributed by atoms with Gasteiger partial charge in [0.15, 0.2) is 0 Å². The maximum absolute atomic E-state index is 12.0. The Kier molecular flexibility index (Phi) is 5.49. The van der Waals surface area contributed by atoms with Crippen LogP contribution in [0.3, 0.4) is 0 Å². The van der Waals surface area contributed by atoms with Gasteiger partial charge in [-0.25, -0.2) is 18.1 Å². The number of pyridine rings is 1. The Balaban J connectivity index is 2.39. The lowest BCUT2D eigenvalue weighted by molar-refractivity contribution is -0.0447. The molecule has 0 fully saturated rings. The summed E-state index contributed by atoms with van der Waals surface area (Å²) in [6, 6.07) is 2.63. The summed E-state index contributed by atoms with van der Waals surface area (Å²) in [7, 11) is -5.34. The third-order valence-electron chi connectivity index (χ3n) is 2.19. The fraction of sp³-hybridized carbons (Fsp3) is 0.400. The quantitative estimate of drug-likeness (QED) is 0.704. The predicted octanol–water partition coefficient (Wildman–Crippen LogP) is 0.389. The lowest BCUT2D eigenvalue weighted by atomic mass is 10.2. The minimum absolute atomic E-state index is 0.0161. The third-order valence-corrected chi connectivity index (χ3v) is 3.38. The first-order valence-electron chi connectivity index (χ1n) is 5.58. The fourth-order valence-electron chi connectivity index (χ4n) is 1.18. The summed E-state index contributed by atoms with van der Waals surface area (Å²) in [5.41, 5.74) is -0.135. The number of amides is 1. The number of nitrogens with one attached hydrogen (secondary N) is 1. The molecule has 0 aliphatic carbocycles. The summed E-state index contributed by atoms with van der Waals surface area (Å²) in [6.07, 6.45) is 1.26. The SMILES string of the molecule is NC(=O)c1ccnc(OCCCNS(=O)(=O)C(F)(F)F)c1. The van der Waals surface area contributed by atoms with Crippen LogP contribution in [0, 0.1) is 0 Å². The van der Waals surface area contributed by atoms with Gasteiger partial charge in [0.25, 0.3) is 0 Å². The number of primary amides is 1. The van der Waals surface area contributed by atoms with E-state index in [4.69, 9.17) is 10.5 Å². The van der Waals surface area contributed by atoms with Gasteiger partial charge in [-0.3, -0.25) is 4.79 Å². The van der Waals surface area contributed by atoms with E-state index in [0.717, 1.165) is 0 Å². The maximum atomic E-state index is 12.0. The van der Waals surface area contributed by atoms with Crippen molar-refractivity contribution in [1.29, 1.82) is 0 Å². The molecule has 0 spiro atoms. The van der Waals surface area contributed by atoms with Gasteiger partial charge in [-0.05, 0) is 12.5 Å². The number of nitrogens with two attached hydrogens (primary N) is 1. The van der Waals surface area contributed by atoms with E-state index in [1.54, 1.807) is 0 Å². The molecule has 1 rings (SSSR count). The van der Waals surface area contributed by atoms with Crippen LogP contribution < -0.4 is 15.2 Å². The lowest BCUT2D eigenvalue weighted by Gasteiger charge is -2.09. The number of alkyl halides is 3. The predicted molar refractivity (Wildman–Crippen MR) is 65.8 cm³/mol. The van der Waals surface area contributed by atoms with E-state index in [2.05, 4.69) is 4.98 Å². The van der Waals surface area contributed by atoms with Crippen molar-refractivity contribution in [2.45, 2.75) is 11.9 Å². The van der Waals surface area contributed by atoms with Gasteiger partial charge in [-0.15, -0.1) is 0 Å². The molecule has 0 aliphatic heterocycles. The average Bonchev–Trinajstić information content (AvgIpc) is 2.37. The Morgan fingerprint density at radius 2 is 2.10 bits per heavy atom. The van der Waals surface area contributed by atoms with Gasteiger partial charge >= 0.3 is 15.5 Å². The van der Waals surface area contributed by atoms with E-state index in [0.29, 0.717) is 0 Å². The molecule has 11 heteroatoms. The van der Waals surface area contributed by atoms with E-state index >= 15 is 0 Å². The van der Waals surface area contributed by atoms with Gasteiger partial charge < -0.3 is 10.5 Å². The number of hydrogen-bond donors (Lipinski definition) is 2. The largest absolute Gasteiger partial charge is 0.511 e. The first-order valence-corrected chi connectivity index (χ1v) is 7.06. The second-order valence-electron chi connectivity index (χ2n) is 3.79. The van der Waals surface area contributed by atoms with Crippen molar-refractivity contribution in [2.75, 3.05) is 13.2 Å². The van der Waals surface area contributed by atoms with Gasteiger partial charge in [0, 0.05) is 24.4 Å². The van der Waals surface area contributed by atoms with E-state index in [1.165, 1.54) is 23.1 Å². The third kappa shape index (κ3) is 5.19. The molecule has 0 saturated heterocycles. The molecule has 1 aromatic rings. The molecule has 21 heavy (non-hydrogen) atoms. The zero-order chi connectivity index (χ0) is 16.1. The van der Waals surface area contributed by atoms with E-state index in [9.17, 15) is 26.4 Å². The molecular weight excluding hydrogens is 315 g/mol. The maximum Gasteiger partial charge on any atom is 0.511 e. The van der Waals surface area contributed by atoms with Crippen LogP contribution in [0.5, 0.6) is 5.88 Å². The number of nitrogens with zero attached hydrogens (tertiary/aromatic N) is 1. The van der Waals surface area contributed by atoms with E-state index in [1.807, 2.05) is 0 Å². The number of carbonyl (C=O) groups excluding carboxylic acids is 1. The molecule has 0 saturated carbocycles. The molecule has 0 radical (unpaired) electrons. The second kappa shape index (κ2) is 6.72. The molecule has 0 aliphatic rings. The van der Waals surface area contributed by atoms with Crippen molar-refractivity contribution in [1.82, 2.24) is 9.71 Å². The highest BCUT2D eigenvalue weighted by molar-refractivity contribution is 7.90. The van der Waals surface area contributed by atoms with Gasteiger partial charge in [0.2, 0.25) is 11.8 Å². The highest BCUT2D eigenvalue weighted by atomic mass is 32.2. The van der Waals surface area contributed by atoms with Crippen LogP contribution in [0.1, 0.15) is 16.8 Å². The molecule has 7 nitrogen and oxygen atoms in total. The van der Waals surface area contributed by atoms with Crippen LogP contribution in [-0.4, -0.2) is 38.0 Å². The Morgan fingerprint density at radius 1 is 1.43 bits per heavy atom. The molecule has 0 atom stereocenters. The number of sulfonamides is 1. The van der Waals surface area contributed by atoms with Crippen LogP contribution in [0.25, 0.3) is 0 Å². The van der Waals surface area contributed by atoms with Crippen LogP contribution in [0.2, 0.25) is 0 Å². The van der Waals surface area contributed by atoms with Crippen LogP contribution in [0.15, 0.2) is 18.3 Å². The van der Waals surface area contributed by atoms with Gasteiger partial charge in [-0.2, -0.15) is 13.2 Å². The Bertz CT molecular complexity index is 604. The van der Waals surface area contributed by atoms with Crippen LogP contribution >= 0.6 is 0 Å². The van der Waals surface area contributed by atoms with Crippen molar-refractivity contribution in [3.8, 4) is 5.88 Å². The molecular formula is C10H12F3N3O4S. The van der Waals surface area contributed by atoms with Crippen molar-refractivity contribution < 1.29 is 31.1 Å². The average molecular weight is 327 g/mol. The number of aromatic nitrogens is 1. The topological polar surface area (TPSA) is 111 Å². The Labute approximate surface area is 118 Å². The summed E-state index contributed by atoms with van der Waals surface area (Å²) < 4.78 is 63.8. The first-order chi connectivity index (χ1) is 9.63. The summed E-state index contributed by atoms with van der Waals surface area (Å²) in [5, 5.41) is 0. The molecule has 0 bridgehead atoms. The first kappa shape index (κ1) is 17.2. The summed E-state index contributed by atoms with van der Waals surface area (Å²) in [5.74, 6) is -0.620. The molecule has 1 amide bonds. The summed E-state index contributed by atoms with van der Waals surface area (Å²) >= 11 is 0. The number of halogens is 3. The Hall–Kier alpha value is -1.88. The summed E-state index contributed by atoms with van der Waals surface area (Å²) in [4.78, 5) is 14.6. The van der Waals surface area contributed by atoms with Crippen molar-refractivity contribution in [3.63, 3.8) is 0 Å². The number of hydrogen-bond acceptors (Lipinski definition) is 5. The highest BCUT2D eigenvalue weighted by Crippen LogP contribution is 2.21. The van der Waals surface area contributed by atoms with Crippen molar-refractivity contribution in [3.05, 3.63) is 23.9 Å². The molecule has 1 aromatic heterocycles. The second-order valence-corrected chi connectivity index (χ2v) is 5.55. The summed E-state index contributed by atoms with van der Waals surface area (Å²) in [6.45, 7) is -0.535. The minimum atomic E-state index is -5.34. The van der Waals surface area contributed by atoms with Crippen LogP contribution in [-0.2, 0) is 10.0 Å². The molecule has 3 N–H and O–H groups in total. The number of ether oxygens (including phenoxy) is 1. The highest BCUT2D eigenvalue weighted by Gasteiger charge is 2.45. The number of rotatable bonds is 7. The van der Waals surface area contributed by atoms with Crippen LogP contribution in [0.4, 0.5) is 13.2 Å². The van der Waals surface area contributed by atoms with E-state index < -0.39 is 28.0 Å². The van der Waals surface area contributed by atoms with E-state index in [-0.39, 0.29) is 24.5 Å². The zero-order valence-corrected chi connectivity index (χ0v) is 11.4. The number of carbonyl (C=O) groups is 1. The monoisotopic (exact) mass is 327 g/mol. The minimum Gasteiger partial charge on any atom is -0.478 e. The normalized spacial score (nSPS) is 12.1. The van der Waals surface area contributed by atoms with Crippen molar-refractivity contribution in [2.24, 2.45) is 5.73 Å². The molecule has 0 aromatic carbocycles. The van der Waals surface area contributed by atoms with Gasteiger partial charge in [0.05, 0.1) is 6.61 Å². The van der Waals surface area contributed by atoms with Gasteiger partial charge in [0.1, 0.15) is 0 Å². The Morgan fingerprint density at radius 3 is 2.67 bits per heavy atom. The zero-order valence-electron chi connectivity index (χ0n) is 10.6. The fourth-order valence-corrected chi connectivity index (χ4v) is 1.76. The molecule has 118 valence electrons. The standard InChI is InChI=1S/C10H12F3N3O4S/c11-10(12,13)21(18,19)16-3-1-5-20-8-6-7(9(14)17)2-4-15-8/h2,4,6,16H,1,3,5H2,(H2,14,17). The van der Waals surface area contributed by atoms with Gasteiger partial charge in [-0.1, -0.05) is 0 Å². The smallest absolute Gasteiger partial charge is 0.478 e. The van der Waals surface area contributed by atoms with Crippen molar-refractivity contribution >= 4 is 15.9 Å². The molecule has 1 heterocycles. The lowest BCUT2D eigenvalue weighted by Crippen LogP contribution is -2.37.